The molecule has 0 amide bonds. The van der Waals surface area contributed by atoms with Gasteiger partial charge in [0.15, 0.2) is 15.6 Å². The molecule has 1 aliphatic heterocycles. The van der Waals surface area contributed by atoms with Crippen LogP contribution < -0.4 is 14.8 Å². The van der Waals surface area contributed by atoms with Gasteiger partial charge in [-0.05, 0) is 34.7 Å². The molecule has 9 nitrogen and oxygen atoms in total. The van der Waals surface area contributed by atoms with E-state index in [1.165, 1.54) is 7.11 Å². The number of para-hydroxylation sites is 1. The van der Waals surface area contributed by atoms with Gasteiger partial charge >= 0.3 is 0 Å². The van der Waals surface area contributed by atoms with Crippen LogP contribution >= 0.6 is 0 Å². The van der Waals surface area contributed by atoms with E-state index in [9.17, 15) is 16.8 Å². The molecule has 11 heteroatoms. The van der Waals surface area contributed by atoms with Crippen LogP contribution in [0.15, 0.2) is 43.0 Å². The smallest absolute Gasteiger partial charge is 0.229 e. The van der Waals surface area contributed by atoms with Crippen LogP contribution in [0, 0.1) is 0 Å². The minimum atomic E-state index is -3.54. The van der Waals surface area contributed by atoms with E-state index in [2.05, 4.69) is 59.0 Å². The minimum absolute atomic E-state index is 0.188. The predicted molar refractivity (Wildman–Crippen MR) is 160 cm³/mol. The summed E-state index contributed by atoms with van der Waals surface area (Å²) in [4.78, 5) is 2.18. The molecule has 212 valence electrons. The van der Waals surface area contributed by atoms with Crippen LogP contribution in [-0.2, 0) is 38.9 Å². The maximum absolute atomic E-state index is 12.1. The fourth-order valence-corrected chi connectivity index (χ4v) is 6.77. The SMILES string of the molecule is C=C(Nc1cc(C(C)(C)C)cc(NS(C)(=O)=O)c1OC)c1cc2cccc(CN3CCS(=O)(=O)CC3)c2n1C. The first-order valence-electron chi connectivity index (χ1n) is 12.7. The van der Waals surface area contributed by atoms with Crippen molar-refractivity contribution in [1.82, 2.24) is 9.47 Å². The number of sulfonamides is 1. The largest absolute Gasteiger partial charge is 0.492 e. The number of hydrogen-bond donors (Lipinski definition) is 2. The van der Waals surface area contributed by atoms with E-state index in [0.29, 0.717) is 42.5 Å². The molecule has 1 aliphatic rings. The Bertz CT molecular complexity index is 1620. The van der Waals surface area contributed by atoms with Gasteiger partial charge in [-0.1, -0.05) is 45.5 Å². The second-order valence-electron chi connectivity index (χ2n) is 11.2. The highest BCUT2D eigenvalue weighted by atomic mass is 32.2. The highest BCUT2D eigenvalue weighted by molar-refractivity contribution is 7.92. The standard InChI is InChI=1S/C28H38N4O5S2/c1-19(29-23-16-22(28(2,3)4)17-24(27(23)37-6)30-38(7,33)34)25-15-20-9-8-10-21(26(20)31(25)5)18-32-11-13-39(35,36)14-12-32/h8-10,15-17,29-30H,1,11-14,18H2,2-7H3. The monoisotopic (exact) mass is 574 g/mol. The zero-order chi connectivity index (χ0) is 28.8. The first-order chi connectivity index (χ1) is 18.1. The number of methoxy groups -OCH3 is 1. The Kier molecular flexibility index (Phi) is 7.81. The van der Waals surface area contributed by atoms with Gasteiger partial charge in [-0.2, -0.15) is 0 Å². The topological polar surface area (TPSA) is 110 Å². The molecule has 2 heterocycles. The Morgan fingerprint density at radius 2 is 1.74 bits per heavy atom. The lowest BCUT2D eigenvalue weighted by Crippen LogP contribution is -2.39. The van der Waals surface area contributed by atoms with Crippen LogP contribution in [0.5, 0.6) is 5.75 Å². The van der Waals surface area contributed by atoms with Crippen molar-refractivity contribution in [2.45, 2.75) is 32.7 Å². The highest BCUT2D eigenvalue weighted by Gasteiger charge is 2.24. The third-order valence-corrected chi connectivity index (χ3v) is 9.22. The number of benzene rings is 2. The van der Waals surface area contributed by atoms with E-state index >= 15 is 0 Å². The van der Waals surface area contributed by atoms with E-state index in [-0.39, 0.29) is 16.9 Å². The van der Waals surface area contributed by atoms with Gasteiger partial charge < -0.3 is 14.6 Å². The van der Waals surface area contributed by atoms with Crippen molar-refractivity contribution in [2.75, 3.05) is 48.0 Å². The Labute approximate surface area is 231 Å². The van der Waals surface area contributed by atoms with Crippen molar-refractivity contribution in [1.29, 1.82) is 0 Å². The van der Waals surface area contributed by atoms with Crippen LogP contribution in [0.3, 0.4) is 0 Å². The molecule has 0 spiro atoms. The maximum Gasteiger partial charge on any atom is 0.229 e. The van der Waals surface area contributed by atoms with Crippen molar-refractivity contribution in [3.8, 4) is 5.75 Å². The lowest BCUT2D eigenvalue weighted by molar-refractivity contribution is 0.288. The number of sulfone groups is 1. The van der Waals surface area contributed by atoms with Gasteiger partial charge in [-0.25, -0.2) is 16.8 Å². The van der Waals surface area contributed by atoms with Crippen molar-refractivity contribution in [2.24, 2.45) is 7.05 Å². The summed E-state index contributed by atoms with van der Waals surface area (Å²) in [6.45, 7) is 12.2. The Morgan fingerprint density at radius 1 is 1.10 bits per heavy atom. The van der Waals surface area contributed by atoms with E-state index in [1.807, 2.05) is 25.2 Å². The highest BCUT2D eigenvalue weighted by Crippen LogP contribution is 2.40. The van der Waals surface area contributed by atoms with Crippen LogP contribution in [0.25, 0.3) is 16.6 Å². The third-order valence-electron chi connectivity index (χ3n) is 7.02. The number of ether oxygens (including phenoxy) is 1. The zero-order valence-corrected chi connectivity index (χ0v) is 25.1. The number of rotatable bonds is 8. The fraction of sp³-hybridized carbons (Fsp3) is 0.429. The molecule has 1 aromatic heterocycles. The number of anilines is 2. The molecule has 0 saturated carbocycles. The summed E-state index contributed by atoms with van der Waals surface area (Å²) in [5.41, 5.74) is 5.27. The van der Waals surface area contributed by atoms with Gasteiger partial charge in [-0.15, -0.1) is 0 Å². The van der Waals surface area contributed by atoms with E-state index < -0.39 is 19.9 Å². The molecule has 0 aliphatic carbocycles. The zero-order valence-electron chi connectivity index (χ0n) is 23.5. The number of nitrogens with one attached hydrogen (secondary N) is 2. The lowest BCUT2D eigenvalue weighted by atomic mass is 9.86. The molecule has 2 N–H and O–H groups in total. The molecular weight excluding hydrogens is 536 g/mol. The lowest BCUT2D eigenvalue weighted by Gasteiger charge is -2.27. The molecule has 4 rings (SSSR count). The number of aryl methyl sites for hydroxylation is 1. The molecule has 2 aromatic carbocycles. The maximum atomic E-state index is 12.1. The second-order valence-corrected chi connectivity index (χ2v) is 15.3. The van der Waals surface area contributed by atoms with Crippen molar-refractivity contribution >= 4 is 47.8 Å². The molecule has 0 unspecified atom stereocenters. The second kappa shape index (κ2) is 10.5. The van der Waals surface area contributed by atoms with Gasteiger partial charge in [-0.3, -0.25) is 9.62 Å². The Balaban J connectivity index is 1.70. The number of nitrogens with zero attached hydrogens (tertiary/aromatic N) is 2. The molecule has 39 heavy (non-hydrogen) atoms. The molecule has 1 saturated heterocycles. The van der Waals surface area contributed by atoms with Gasteiger partial charge in [0.1, 0.15) is 0 Å². The minimum Gasteiger partial charge on any atom is -0.492 e. The van der Waals surface area contributed by atoms with Gasteiger partial charge in [0.05, 0.1) is 53.2 Å². The van der Waals surface area contributed by atoms with E-state index in [0.717, 1.165) is 34.0 Å². The van der Waals surface area contributed by atoms with E-state index in [4.69, 9.17) is 4.74 Å². The quantitative estimate of drug-likeness (QED) is 0.416. The first kappa shape index (κ1) is 29.0. The predicted octanol–water partition coefficient (Wildman–Crippen LogP) is 4.17. The Hall–Kier alpha value is -3.02. The van der Waals surface area contributed by atoms with Crippen LogP contribution in [0.4, 0.5) is 11.4 Å². The summed E-state index contributed by atoms with van der Waals surface area (Å²) in [7, 11) is -3.00. The van der Waals surface area contributed by atoms with Crippen LogP contribution in [0.2, 0.25) is 0 Å². The van der Waals surface area contributed by atoms with Gasteiger partial charge in [0.2, 0.25) is 10.0 Å². The summed E-state index contributed by atoms with van der Waals surface area (Å²) in [5, 5.41) is 4.42. The summed E-state index contributed by atoms with van der Waals surface area (Å²) in [6, 6.07) is 11.9. The summed E-state index contributed by atoms with van der Waals surface area (Å²) in [5.74, 6) is 0.746. The summed E-state index contributed by atoms with van der Waals surface area (Å²) >= 11 is 0. The molecule has 3 aromatic rings. The number of aromatic nitrogens is 1. The molecular formula is C28H38N4O5S2. The van der Waals surface area contributed by atoms with Gasteiger partial charge in [0.25, 0.3) is 0 Å². The van der Waals surface area contributed by atoms with E-state index in [1.54, 1.807) is 6.07 Å². The number of fused-ring (bicyclic) bond motifs is 1. The van der Waals surface area contributed by atoms with Crippen LogP contribution in [-0.4, -0.2) is 64.3 Å². The molecule has 1 fully saturated rings. The number of hydrogen-bond acceptors (Lipinski definition) is 7. The average Bonchev–Trinajstić information content (AvgIpc) is 3.16. The van der Waals surface area contributed by atoms with Crippen molar-refractivity contribution in [3.05, 3.63) is 59.8 Å². The van der Waals surface area contributed by atoms with Gasteiger partial charge in [0, 0.05) is 32.1 Å². The molecule has 0 bridgehead atoms. The summed E-state index contributed by atoms with van der Waals surface area (Å²) in [6.07, 6.45) is 1.11. The van der Waals surface area contributed by atoms with Crippen LogP contribution in [0.1, 0.15) is 37.6 Å². The average molecular weight is 575 g/mol. The fourth-order valence-electron chi connectivity index (χ4n) is 4.94. The Morgan fingerprint density at radius 3 is 2.33 bits per heavy atom. The first-order valence-corrected chi connectivity index (χ1v) is 16.5. The summed E-state index contributed by atoms with van der Waals surface area (Å²) < 4.78 is 58.2. The normalized spacial score (nSPS) is 16.3. The molecule has 0 atom stereocenters. The van der Waals surface area contributed by atoms with Crippen molar-refractivity contribution < 1.29 is 21.6 Å². The van der Waals surface area contributed by atoms with Crippen molar-refractivity contribution in [3.63, 3.8) is 0 Å². The third kappa shape index (κ3) is 6.59. The molecule has 0 radical (unpaired) electrons.